The van der Waals surface area contributed by atoms with Crippen LogP contribution in [0.3, 0.4) is 0 Å². The first kappa shape index (κ1) is 26.2. The normalized spacial score (nSPS) is 16.7. The summed E-state index contributed by atoms with van der Waals surface area (Å²) < 4.78 is 5.52. The van der Waals surface area contributed by atoms with E-state index in [-0.39, 0.29) is 34.5 Å². The van der Waals surface area contributed by atoms with Crippen molar-refractivity contribution in [2.45, 2.75) is 44.7 Å². The fourth-order valence-corrected chi connectivity index (χ4v) is 5.30. The van der Waals surface area contributed by atoms with Gasteiger partial charge in [0.25, 0.3) is 5.91 Å². The van der Waals surface area contributed by atoms with Gasteiger partial charge in [-0.05, 0) is 56.9 Å². The number of nitrogens with two attached hydrogens (primary N) is 2. The number of likely N-dealkylation sites (tertiary alicyclic amines) is 1. The van der Waals surface area contributed by atoms with E-state index in [4.69, 9.17) is 27.0 Å². The van der Waals surface area contributed by atoms with Crippen LogP contribution in [-0.4, -0.2) is 45.6 Å². The molecule has 2 amide bonds. The predicted molar refractivity (Wildman–Crippen MR) is 143 cm³/mol. The molecule has 0 saturated carbocycles. The number of rotatable bonds is 7. The Morgan fingerprint density at radius 2 is 1.84 bits per heavy atom. The summed E-state index contributed by atoms with van der Waals surface area (Å²) in [4.78, 5) is 31.9. The molecule has 9 nitrogen and oxygen atoms in total. The highest BCUT2D eigenvalue weighted by atomic mass is 32.1. The number of nitrogens with zero attached hydrogens (tertiary/aromatic N) is 2. The first-order valence-corrected chi connectivity index (χ1v) is 12.8. The van der Waals surface area contributed by atoms with Gasteiger partial charge in [0.15, 0.2) is 0 Å². The first-order valence-electron chi connectivity index (χ1n) is 11.9. The Balaban J connectivity index is 1.56. The smallest absolute Gasteiger partial charge is 0.254 e. The van der Waals surface area contributed by atoms with E-state index in [1.165, 1.54) is 29.5 Å². The summed E-state index contributed by atoms with van der Waals surface area (Å²) in [5, 5.41) is 19.7. The fraction of sp³-hybridized carbons (Fsp3) is 0.296. The second-order valence-corrected chi connectivity index (χ2v) is 10.4. The van der Waals surface area contributed by atoms with Crippen LogP contribution in [0.1, 0.15) is 68.4 Å². The summed E-state index contributed by atoms with van der Waals surface area (Å²) in [7, 11) is 0. The number of carbonyl (C=O) groups excluding carboxylic acids is 2. The number of aromatic nitrogens is 1. The van der Waals surface area contributed by atoms with Gasteiger partial charge in [0.05, 0.1) is 11.6 Å². The highest BCUT2D eigenvalue weighted by Crippen LogP contribution is 2.35. The lowest BCUT2D eigenvalue weighted by molar-refractivity contribution is 0.0735. The highest BCUT2D eigenvalue weighted by molar-refractivity contribution is 7.09. The Hall–Kier alpha value is -3.89. The van der Waals surface area contributed by atoms with Crippen LogP contribution in [0.5, 0.6) is 0 Å². The monoisotopic (exact) mass is 518 g/mol. The van der Waals surface area contributed by atoms with Crippen LogP contribution in [-0.2, 0) is 11.2 Å². The summed E-state index contributed by atoms with van der Waals surface area (Å²) in [5.74, 6) is -1.73. The van der Waals surface area contributed by atoms with E-state index in [9.17, 15) is 9.59 Å². The lowest BCUT2D eigenvalue weighted by Gasteiger charge is -2.26. The summed E-state index contributed by atoms with van der Waals surface area (Å²) in [6.45, 7) is 4.12. The maximum atomic E-state index is 13.5. The molecule has 0 spiro atoms. The van der Waals surface area contributed by atoms with Gasteiger partial charge in [-0.25, -0.2) is 4.98 Å². The van der Waals surface area contributed by atoms with Gasteiger partial charge >= 0.3 is 0 Å². The molecule has 1 aliphatic rings. The van der Waals surface area contributed by atoms with Crippen molar-refractivity contribution in [3.05, 3.63) is 86.9 Å². The number of nitrogens with one attached hydrogen (secondary N) is 2. The van der Waals surface area contributed by atoms with E-state index in [0.717, 1.165) is 29.1 Å². The number of carbonyl (C=O) groups is 2. The topological polar surface area (TPSA) is 159 Å². The van der Waals surface area contributed by atoms with Crippen molar-refractivity contribution < 1.29 is 14.3 Å². The van der Waals surface area contributed by atoms with Crippen LogP contribution in [0.2, 0.25) is 0 Å². The average Bonchev–Trinajstić information content (AvgIpc) is 3.52. The van der Waals surface area contributed by atoms with Crippen LogP contribution in [0, 0.1) is 17.7 Å². The van der Waals surface area contributed by atoms with Gasteiger partial charge in [-0.15, -0.1) is 11.3 Å². The van der Waals surface area contributed by atoms with E-state index < -0.39 is 17.3 Å². The van der Waals surface area contributed by atoms with Gasteiger partial charge < -0.3 is 21.1 Å². The molecule has 6 N–H and O–H groups in total. The molecule has 0 aliphatic carbocycles. The molecule has 1 aromatic heterocycles. The molecular formula is C27H30N6O3S. The Morgan fingerprint density at radius 1 is 1.16 bits per heavy atom. The summed E-state index contributed by atoms with van der Waals surface area (Å²) >= 11 is 1.52. The summed E-state index contributed by atoms with van der Waals surface area (Å²) in [6.07, 6.45) is 1.97. The third kappa shape index (κ3) is 5.92. The molecule has 0 bridgehead atoms. The zero-order valence-electron chi connectivity index (χ0n) is 20.8. The molecule has 3 aromatic rings. The molecule has 1 saturated heterocycles. The number of hydrogen-bond acceptors (Lipinski definition) is 8. The molecule has 1 fully saturated rings. The molecule has 0 radical (unpaired) electrons. The van der Waals surface area contributed by atoms with Crippen molar-refractivity contribution in [2.24, 2.45) is 11.5 Å². The number of aryl methyl sites for hydroxylation is 1. The molecule has 4 rings (SSSR count). The first-order chi connectivity index (χ1) is 17.5. The van der Waals surface area contributed by atoms with Crippen LogP contribution in [0.15, 0.2) is 53.9 Å². The largest absolute Gasteiger partial charge is 0.423 e. The lowest BCUT2D eigenvalue weighted by Crippen LogP contribution is -2.48. The van der Waals surface area contributed by atoms with Crippen LogP contribution in [0.25, 0.3) is 0 Å². The Labute approximate surface area is 219 Å². The molecule has 37 heavy (non-hydrogen) atoms. The van der Waals surface area contributed by atoms with Crippen molar-refractivity contribution in [1.82, 2.24) is 9.88 Å². The minimum atomic E-state index is -1.18. The molecule has 192 valence electrons. The Kier molecular flexibility index (Phi) is 7.51. The van der Waals surface area contributed by atoms with Crippen LogP contribution in [0.4, 0.5) is 0 Å². The minimum absolute atomic E-state index is 0.0707. The van der Waals surface area contributed by atoms with Crippen LogP contribution >= 0.6 is 11.3 Å². The second kappa shape index (κ2) is 10.6. The third-order valence-corrected chi connectivity index (χ3v) is 7.36. The number of primary amides is 1. The molecule has 2 heterocycles. The maximum absolute atomic E-state index is 13.5. The van der Waals surface area contributed by atoms with Crippen molar-refractivity contribution in [2.75, 3.05) is 6.54 Å². The van der Waals surface area contributed by atoms with Gasteiger partial charge in [-0.1, -0.05) is 30.3 Å². The van der Waals surface area contributed by atoms with Gasteiger partial charge in [-0.3, -0.25) is 20.4 Å². The molecule has 2 unspecified atom stereocenters. The molecule has 2 atom stereocenters. The second-order valence-electron chi connectivity index (χ2n) is 9.49. The highest BCUT2D eigenvalue weighted by Gasteiger charge is 2.33. The Morgan fingerprint density at radius 3 is 2.49 bits per heavy atom. The van der Waals surface area contributed by atoms with Gasteiger partial charge in [0, 0.05) is 34.3 Å². The SMILES string of the molecule is Cc1csc(C2CCCN2C(=O)c2cc(C(=N)OC(=N)C(C)(N)Cc3ccccc3)cc(C(N)=O)c2)n1. The van der Waals surface area contributed by atoms with E-state index in [1.54, 1.807) is 11.8 Å². The van der Waals surface area contributed by atoms with Crippen molar-refractivity contribution in [3.8, 4) is 0 Å². The van der Waals surface area contributed by atoms with Crippen molar-refractivity contribution in [3.63, 3.8) is 0 Å². The zero-order valence-corrected chi connectivity index (χ0v) is 21.6. The molecular weight excluding hydrogens is 488 g/mol. The Bertz CT molecular complexity index is 1350. The summed E-state index contributed by atoms with van der Waals surface area (Å²) in [6, 6.07) is 13.6. The lowest BCUT2D eigenvalue weighted by atomic mass is 9.93. The number of amides is 2. The molecule has 10 heteroatoms. The van der Waals surface area contributed by atoms with Crippen molar-refractivity contribution >= 4 is 34.9 Å². The van der Waals surface area contributed by atoms with Gasteiger partial charge in [0.2, 0.25) is 17.7 Å². The average molecular weight is 519 g/mol. The molecule has 1 aliphatic heterocycles. The number of ether oxygens (including phenoxy) is 1. The fourth-order valence-electron chi connectivity index (χ4n) is 4.36. The van der Waals surface area contributed by atoms with Crippen LogP contribution < -0.4 is 11.5 Å². The molecule has 2 aromatic carbocycles. The van der Waals surface area contributed by atoms with Gasteiger partial charge in [-0.2, -0.15) is 0 Å². The van der Waals surface area contributed by atoms with Crippen molar-refractivity contribution in [1.29, 1.82) is 10.8 Å². The summed E-state index contributed by atoms with van der Waals surface area (Å²) in [5.41, 5.74) is 13.0. The standard InChI is InChI=1S/C27H30N6O3S/c1-16-15-37-24(32-16)21-9-6-10-33(21)25(35)20-12-18(22(28)34)11-19(13-20)23(29)36-26(30)27(2,31)14-17-7-4-3-5-8-17/h3-5,7-8,11-13,15,21,29-30H,6,9-10,14,31H2,1-2H3,(H2,28,34). The van der Waals surface area contributed by atoms with E-state index >= 15 is 0 Å². The van der Waals surface area contributed by atoms with E-state index in [0.29, 0.717) is 13.0 Å². The van der Waals surface area contributed by atoms with E-state index in [1.807, 2.05) is 42.6 Å². The number of thiazole rings is 1. The van der Waals surface area contributed by atoms with Gasteiger partial charge in [0.1, 0.15) is 5.01 Å². The predicted octanol–water partition coefficient (Wildman–Crippen LogP) is 3.81. The number of hydrogen-bond donors (Lipinski definition) is 4. The zero-order chi connectivity index (χ0) is 26.7. The number of benzene rings is 2. The quantitative estimate of drug-likeness (QED) is 0.276. The maximum Gasteiger partial charge on any atom is 0.254 e. The third-order valence-electron chi connectivity index (χ3n) is 6.30. The minimum Gasteiger partial charge on any atom is -0.423 e. The van der Waals surface area contributed by atoms with E-state index in [2.05, 4.69) is 4.98 Å².